The number of thiazole rings is 1. The molecule has 2 bridgehead atoms. The molecule has 4 aliphatic heterocycles. The van der Waals surface area contributed by atoms with Gasteiger partial charge >= 0.3 is 17.9 Å². The number of rotatable bonds is 14. The molecule has 56 heavy (non-hydrogen) atoms. The van der Waals surface area contributed by atoms with Crippen molar-refractivity contribution in [3.63, 3.8) is 0 Å². The predicted molar refractivity (Wildman–Crippen MR) is 190 cm³/mol. The summed E-state index contributed by atoms with van der Waals surface area (Å²) in [6.45, 7) is 4.80. The zero-order chi connectivity index (χ0) is 40.8. The number of carboxylic acids is 3. The number of hydrogen-bond donors (Lipinski definition) is 8. The number of fused-ring (bicyclic) bond motifs is 5. The van der Waals surface area contributed by atoms with E-state index in [1.807, 2.05) is 0 Å². The number of phenolic OH excluding ortho intramolecular Hbond substituents is 2. The molecule has 2 aromatic rings. The fourth-order valence-corrected chi connectivity index (χ4v) is 9.63. The molecule has 6 rings (SSSR count). The molecule has 1 aromatic heterocycles. The lowest BCUT2D eigenvalue weighted by Gasteiger charge is -2.58. The summed E-state index contributed by atoms with van der Waals surface area (Å²) >= 11 is 2.20. The van der Waals surface area contributed by atoms with Crippen molar-refractivity contribution in [2.45, 2.75) is 35.6 Å². The molecular formula is C33H33FN7O13S2+. The van der Waals surface area contributed by atoms with E-state index in [-0.39, 0.29) is 47.3 Å². The number of benzene rings is 1. The summed E-state index contributed by atoms with van der Waals surface area (Å²) in [6.07, 6.45) is -0.745. The number of nitrogen functional groups attached to an aromatic ring is 1. The Balaban J connectivity index is 1.19. The molecule has 6 atom stereocenters. The molecule has 3 saturated heterocycles. The molecule has 0 radical (unpaired) electrons. The highest BCUT2D eigenvalue weighted by Crippen LogP contribution is 2.51. The molecule has 5 heterocycles. The molecule has 9 N–H and O–H groups in total. The van der Waals surface area contributed by atoms with E-state index in [1.165, 1.54) is 17.1 Å². The van der Waals surface area contributed by atoms with Gasteiger partial charge in [0.15, 0.2) is 28.2 Å². The molecule has 296 valence electrons. The van der Waals surface area contributed by atoms with E-state index in [9.17, 15) is 63.5 Å². The number of carbonyl (C=O) groups is 7. The molecule has 20 nitrogen and oxygen atoms in total. The molecule has 23 heteroatoms. The molecular weight excluding hydrogens is 786 g/mol. The Morgan fingerprint density at radius 2 is 1.89 bits per heavy atom. The number of halogens is 1. The molecule has 0 spiro atoms. The quantitative estimate of drug-likeness (QED) is 0.0173. The van der Waals surface area contributed by atoms with Crippen LogP contribution in [0.15, 0.2) is 46.1 Å². The third kappa shape index (κ3) is 7.34. The number of Topliss-reactive ketones (excluding diaryl/α,β-unsaturated/α-hetero) is 1. The van der Waals surface area contributed by atoms with Crippen LogP contribution in [0, 0.1) is 11.7 Å². The van der Waals surface area contributed by atoms with Crippen molar-refractivity contribution >= 4 is 75.4 Å². The number of nitrogens with two attached hydrogens (primary N) is 1. The summed E-state index contributed by atoms with van der Waals surface area (Å²) in [4.78, 5) is 98.3. The number of nitrogens with zero attached hydrogens (tertiary/aromatic N) is 4. The van der Waals surface area contributed by atoms with E-state index in [1.54, 1.807) is 0 Å². The standard InChI is InChI=1S/C33H32FN7O13S2/c1-12(30(48)49)24(32(52)53)54-39-19(17-11-55-33(35)37-17)26(45)38-20-28(47)40-21(31(50)51)15-10-41(5-2-3-13(9-41)25(15)56-29(20)40)6-4-36-27(46)22(43)14-7-16(34)23(44)18(42)8-14/h7-8,11,13,20,24-25,29H,1-6,9-10H2,(H8-,35,36,37,38,39,42,43,44,45,46,48,49,50,51,52,53)/p+1. The molecule has 0 aliphatic carbocycles. The van der Waals surface area contributed by atoms with Crippen LogP contribution in [-0.4, -0.2) is 143 Å². The third-order valence-corrected chi connectivity index (χ3v) is 12.3. The van der Waals surface area contributed by atoms with E-state index in [4.69, 9.17) is 10.6 Å². The number of aromatic nitrogens is 1. The summed E-state index contributed by atoms with van der Waals surface area (Å²) in [7, 11) is 0. The van der Waals surface area contributed by atoms with Gasteiger partial charge < -0.3 is 51.2 Å². The summed E-state index contributed by atoms with van der Waals surface area (Å²) in [6, 6.07) is 0.118. The van der Waals surface area contributed by atoms with Crippen molar-refractivity contribution in [2.75, 3.05) is 38.5 Å². The average molecular weight is 819 g/mol. The SMILES string of the molecule is C=C(C(=O)O)C(ON=C(C(=O)NC1C(=O)N2C(C(=O)O)=C3C[N+]4(CCNC(=O)C(=O)c5cc(O)c(O)c(F)c5)CCCC(C4)C3SC12)c1csc(N)n1)C(=O)O. The van der Waals surface area contributed by atoms with Crippen LogP contribution >= 0.6 is 23.1 Å². The first-order valence-corrected chi connectivity index (χ1v) is 18.5. The first-order chi connectivity index (χ1) is 26.4. The second kappa shape index (κ2) is 15.2. The Morgan fingerprint density at radius 3 is 2.52 bits per heavy atom. The highest BCUT2D eigenvalue weighted by Gasteiger charge is 2.60. The Hall–Kier alpha value is -6.07. The Morgan fingerprint density at radius 1 is 1.16 bits per heavy atom. The number of anilines is 1. The number of quaternary nitrogens is 1. The van der Waals surface area contributed by atoms with Crippen LogP contribution in [0.4, 0.5) is 9.52 Å². The number of carboxylic acid groups (broad SMARTS) is 3. The molecule has 0 saturated carbocycles. The van der Waals surface area contributed by atoms with Gasteiger partial charge in [0.25, 0.3) is 23.8 Å². The van der Waals surface area contributed by atoms with Crippen LogP contribution < -0.4 is 16.4 Å². The van der Waals surface area contributed by atoms with E-state index in [0.29, 0.717) is 35.6 Å². The highest BCUT2D eigenvalue weighted by molar-refractivity contribution is 8.01. The smallest absolute Gasteiger partial charge is 0.352 e. The minimum Gasteiger partial charge on any atom is -0.504 e. The fourth-order valence-electron chi connectivity index (χ4n) is 7.32. The molecule has 3 amide bonds. The van der Waals surface area contributed by atoms with Crippen LogP contribution in [0.25, 0.3) is 0 Å². The normalized spacial score (nSPS) is 24.5. The highest BCUT2D eigenvalue weighted by atomic mass is 32.2. The lowest BCUT2D eigenvalue weighted by molar-refractivity contribution is -0.934. The number of aliphatic carboxylic acids is 3. The van der Waals surface area contributed by atoms with E-state index >= 15 is 0 Å². The second-order valence-corrected chi connectivity index (χ2v) is 15.5. The first-order valence-electron chi connectivity index (χ1n) is 16.7. The summed E-state index contributed by atoms with van der Waals surface area (Å²) < 4.78 is 14.2. The van der Waals surface area contributed by atoms with Crippen molar-refractivity contribution in [2.24, 2.45) is 11.1 Å². The number of oxime groups is 1. The number of phenols is 2. The third-order valence-electron chi connectivity index (χ3n) is 9.90. The van der Waals surface area contributed by atoms with Gasteiger partial charge in [-0.25, -0.2) is 23.8 Å². The van der Waals surface area contributed by atoms with Gasteiger partial charge in [0, 0.05) is 27.7 Å². The number of carbonyl (C=O) groups excluding carboxylic acids is 4. The zero-order valence-corrected chi connectivity index (χ0v) is 30.5. The number of nitrogens with one attached hydrogen (secondary N) is 2. The number of piperidine rings is 2. The predicted octanol–water partition coefficient (Wildman–Crippen LogP) is -0.563. The Kier molecular flexibility index (Phi) is 10.8. The number of hydrogen-bond acceptors (Lipinski definition) is 15. The zero-order valence-electron chi connectivity index (χ0n) is 28.8. The van der Waals surface area contributed by atoms with Crippen molar-refractivity contribution in [3.05, 3.63) is 58.0 Å². The number of β-lactam (4-membered cyclic amide) rings is 1. The Bertz CT molecular complexity index is 2140. The number of thioether (sulfide) groups is 1. The van der Waals surface area contributed by atoms with Crippen molar-refractivity contribution in [3.8, 4) is 11.5 Å². The van der Waals surface area contributed by atoms with Crippen molar-refractivity contribution in [1.29, 1.82) is 0 Å². The van der Waals surface area contributed by atoms with Gasteiger partial charge in [-0.1, -0.05) is 11.7 Å². The van der Waals surface area contributed by atoms with Gasteiger partial charge in [0.05, 0.1) is 31.8 Å². The maximum absolute atomic E-state index is 13.9. The van der Waals surface area contributed by atoms with Gasteiger partial charge in [-0.15, -0.1) is 23.1 Å². The van der Waals surface area contributed by atoms with Crippen LogP contribution in [0.2, 0.25) is 0 Å². The lowest BCUT2D eigenvalue weighted by atomic mass is 9.82. The van der Waals surface area contributed by atoms with Gasteiger partial charge in [0.1, 0.15) is 29.4 Å². The molecule has 6 unspecified atom stereocenters. The van der Waals surface area contributed by atoms with Crippen LogP contribution in [0.3, 0.4) is 0 Å². The topological polar surface area (TPSA) is 308 Å². The Labute approximate surface area is 322 Å². The van der Waals surface area contributed by atoms with Crippen molar-refractivity contribution < 1.29 is 72.8 Å². The number of ketones is 1. The maximum atomic E-state index is 13.9. The summed E-state index contributed by atoms with van der Waals surface area (Å²) in [5, 5.41) is 56.8. The van der Waals surface area contributed by atoms with E-state index < -0.39 is 93.1 Å². The van der Waals surface area contributed by atoms with Crippen LogP contribution in [0.5, 0.6) is 11.5 Å². The maximum Gasteiger partial charge on any atom is 0.352 e. The average Bonchev–Trinajstić information content (AvgIpc) is 3.58. The first kappa shape index (κ1) is 39.6. The van der Waals surface area contributed by atoms with Gasteiger partial charge in [0.2, 0.25) is 5.78 Å². The van der Waals surface area contributed by atoms with Gasteiger partial charge in [-0.2, -0.15) is 0 Å². The van der Waals surface area contributed by atoms with Crippen LogP contribution in [-0.2, 0) is 33.6 Å². The van der Waals surface area contributed by atoms with Crippen LogP contribution in [0.1, 0.15) is 28.9 Å². The summed E-state index contributed by atoms with van der Waals surface area (Å²) in [5.41, 5.74) is 3.78. The van der Waals surface area contributed by atoms with Gasteiger partial charge in [-0.3, -0.25) is 24.1 Å². The number of aromatic hydroxyl groups is 2. The monoisotopic (exact) mass is 818 g/mol. The second-order valence-electron chi connectivity index (χ2n) is 13.4. The molecule has 1 aromatic carbocycles. The van der Waals surface area contributed by atoms with E-state index in [0.717, 1.165) is 28.7 Å². The largest absolute Gasteiger partial charge is 0.504 e. The molecule has 3 fully saturated rings. The lowest BCUT2D eigenvalue weighted by Crippen LogP contribution is -2.73. The fraction of sp³-hybridized carbons (Fsp3) is 0.364. The van der Waals surface area contributed by atoms with E-state index in [2.05, 4.69) is 27.4 Å². The minimum atomic E-state index is -2.19. The number of amides is 3. The molecule has 4 aliphatic rings. The van der Waals surface area contributed by atoms with Gasteiger partial charge in [-0.05, 0) is 25.0 Å². The van der Waals surface area contributed by atoms with Crippen molar-refractivity contribution in [1.82, 2.24) is 20.5 Å². The minimum absolute atomic E-state index is 0.00947. The summed E-state index contributed by atoms with van der Waals surface area (Å²) in [5.74, 6) is -12.2.